The predicted molar refractivity (Wildman–Crippen MR) is 106 cm³/mol. The number of rotatable bonds is 4. The van der Waals surface area contributed by atoms with Gasteiger partial charge in [0, 0.05) is 11.3 Å². The molecular weight excluding hydrogens is 360 g/mol. The van der Waals surface area contributed by atoms with Crippen molar-refractivity contribution in [2.75, 3.05) is 5.32 Å². The van der Waals surface area contributed by atoms with Gasteiger partial charge < -0.3 is 10.4 Å². The molecule has 3 aromatic rings. The van der Waals surface area contributed by atoms with Gasteiger partial charge in [0.15, 0.2) is 5.84 Å². The van der Waals surface area contributed by atoms with Gasteiger partial charge in [0.1, 0.15) is 0 Å². The number of amidine groups is 1. The summed E-state index contributed by atoms with van der Waals surface area (Å²) in [6.45, 7) is 3.50. The van der Waals surface area contributed by atoms with Crippen LogP contribution < -0.4 is 10.4 Å². The maximum absolute atomic E-state index is 12.7. The minimum absolute atomic E-state index is 0.0619. The SMILES string of the molecule is Cc1cc(NC(=NS(=O)(=O)c2ccccc2)c2ccccc2)c(C)cc1[O-]. The van der Waals surface area contributed by atoms with E-state index in [1.54, 1.807) is 62.4 Å². The number of sulfonamides is 1. The summed E-state index contributed by atoms with van der Waals surface area (Å²) in [6, 6.07) is 20.3. The number of nitrogens with one attached hydrogen (secondary N) is 1. The van der Waals surface area contributed by atoms with Crippen molar-refractivity contribution < 1.29 is 13.5 Å². The van der Waals surface area contributed by atoms with Crippen molar-refractivity contribution in [1.82, 2.24) is 0 Å². The Morgan fingerprint density at radius 2 is 1.48 bits per heavy atom. The largest absolute Gasteiger partial charge is 0.872 e. The first-order valence-electron chi connectivity index (χ1n) is 8.37. The molecule has 27 heavy (non-hydrogen) atoms. The van der Waals surface area contributed by atoms with Crippen LogP contribution >= 0.6 is 0 Å². The zero-order valence-corrected chi connectivity index (χ0v) is 15.8. The zero-order chi connectivity index (χ0) is 19.4. The third-order valence-corrected chi connectivity index (χ3v) is 5.37. The molecule has 0 radical (unpaired) electrons. The summed E-state index contributed by atoms with van der Waals surface area (Å²) in [5.74, 6) is 0.133. The number of aryl methyl sites for hydroxylation is 2. The lowest BCUT2D eigenvalue weighted by molar-refractivity contribution is -0.269. The van der Waals surface area contributed by atoms with E-state index >= 15 is 0 Å². The molecule has 3 rings (SSSR count). The molecular formula is C21H19N2O3S-. The second-order valence-corrected chi connectivity index (χ2v) is 7.76. The lowest BCUT2D eigenvalue weighted by Gasteiger charge is -2.17. The van der Waals surface area contributed by atoms with E-state index in [1.807, 2.05) is 6.07 Å². The molecule has 138 valence electrons. The summed E-state index contributed by atoms with van der Waals surface area (Å²) in [5.41, 5.74) is 2.55. The van der Waals surface area contributed by atoms with Crippen molar-refractivity contribution in [2.45, 2.75) is 18.7 Å². The highest BCUT2D eigenvalue weighted by molar-refractivity contribution is 7.90. The molecule has 0 saturated carbocycles. The van der Waals surface area contributed by atoms with Crippen LogP contribution in [0.3, 0.4) is 0 Å². The molecule has 1 N–H and O–H groups in total. The monoisotopic (exact) mass is 379 g/mol. The molecule has 0 saturated heterocycles. The highest BCUT2D eigenvalue weighted by atomic mass is 32.2. The van der Waals surface area contributed by atoms with Gasteiger partial charge in [-0.3, -0.25) is 0 Å². The molecule has 6 heteroatoms. The normalized spacial score (nSPS) is 12.0. The minimum Gasteiger partial charge on any atom is -0.872 e. The summed E-state index contributed by atoms with van der Waals surface area (Å²) in [4.78, 5) is 0.114. The number of anilines is 1. The van der Waals surface area contributed by atoms with Crippen LogP contribution in [0.15, 0.2) is 82.1 Å². The molecule has 3 aromatic carbocycles. The Morgan fingerprint density at radius 3 is 2.11 bits per heavy atom. The fourth-order valence-electron chi connectivity index (χ4n) is 2.56. The second kappa shape index (κ2) is 7.63. The van der Waals surface area contributed by atoms with Crippen molar-refractivity contribution in [3.63, 3.8) is 0 Å². The topological polar surface area (TPSA) is 81.6 Å². The van der Waals surface area contributed by atoms with Gasteiger partial charge in [0.2, 0.25) is 0 Å². The van der Waals surface area contributed by atoms with Crippen molar-refractivity contribution >= 4 is 21.5 Å². The Morgan fingerprint density at radius 1 is 0.889 bits per heavy atom. The van der Waals surface area contributed by atoms with E-state index in [0.717, 1.165) is 0 Å². The molecule has 0 fully saturated rings. The molecule has 0 aromatic heterocycles. The maximum atomic E-state index is 12.7. The van der Waals surface area contributed by atoms with Crippen molar-refractivity contribution in [3.8, 4) is 5.75 Å². The van der Waals surface area contributed by atoms with Gasteiger partial charge in [-0.15, -0.1) is 10.1 Å². The van der Waals surface area contributed by atoms with Crippen molar-refractivity contribution in [2.24, 2.45) is 4.40 Å². The first-order valence-corrected chi connectivity index (χ1v) is 9.81. The Bertz CT molecular complexity index is 1080. The molecule has 0 aliphatic carbocycles. The number of hydrogen-bond donors (Lipinski definition) is 1. The average molecular weight is 379 g/mol. The Kier molecular flexibility index (Phi) is 5.28. The molecule has 0 atom stereocenters. The van der Waals surface area contributed by atoms with Gasteiger partial charge in [0.05, 0.1) is 4.90 Å². The first-order chi connectivity index (χ1) is 12.9. The lowest BCUT2D eigenvalue weighted by atomic mass is 10.1. The van der Waals surface area contributed by atoms with Crippen LogP contribution in [-0.4, -0.2) is 14.3 Å². The number of hydrogen-bond acceptors (Lipinski definition) is 3. The van der Waals surface area contributed by atoms with Gasteiger partial charge in [-0.1, -0.05) is 60.2 Å². The molecule has 0 aliphatic rings. The third-order valence-electron chi connectivity index (χ3n) is 4.07. The van der Waals surface area contributed by atoms with Gasteiger partial charge >= 0.3 is 0 Å². The Hall–Kier alpha value is -3.12. The van der Waals surface area contributed by atoms with E-state index in [0.29, 0.717) is 22.4 Å². The fourth-order valence-corrected chi connectivity index (χ4v) is 3.56. The highest BCUT2D eigenvalue weighted by Gasteiger charge is 2.16. The molecule has 0 heterocycles. The zero-order valence-electron chi connectivity index (χ0n) is 15.0. The van der Waals surface area contributed by atoms with Crippen LogP contribution in [0.25, 0.3) is 0 Å². The second-order valence-electron chi connectivity index (χ2n) is 6.15. The van der Waals surface area contributed by atoms with E-state index in [2.05, 4.69) is 9.71 Å². The summed E-state index contributed by atoms with van der Waals surface area (Å²) < 4.78 is 29.5. The smallest absolute Gasteiger partial charge is 0.284 e. The van der Waals surface area contributed by atoms with Crippen LogP contribution in [0, 0.1) is 13.8 Å². The van der Waals surface area contributed by atoms with E-state index < -0.39 is 10.0 Å². The Labute approximate surface area is 159 Å². The van der Waals surface area contributed by atoms with E-state index in [-0.39, 0.29) is 16.5 Å². The van der Waals surface area contributed by atoms with Crippen LogP contribution in [0.2, 0.25) is 0 Å². The van der Waals surface area contributed by atoms with E-state index in [1.165, 1.54) is 18.2 Å². The van der Waals surface area contributed by atoms with Crippen LogP contribution in [0.1, 0.15) is 16.7 Å². The number of benzene rings is 3. The Balaban J connectivity index is 2.09. The standard InChI is InChI=1S/C21H20N2O3S/c1-15-14-20(24)16(2)13-19(15)22-21(17-9-5-3-6-10-17)23-27(25,26)18-11-7-4-8-12-18/h3-14,24H,1-2H3,(H,22,23)/p-1. The highest BCUT2D eigenvalue weighted by Crippen LogP contribution is 2.24. The molecule has 0 aliphatic heterocycles. The van der Waals surface area contributed by atoms with Crippen LogP contribution in [-0.2, 0) is 10.0 Å². The molecule has 5 nitrogen and oxygen atoms in total. The van der Waals surface area contributed by atoms with Gasteiger partial charge in [0.25, 0.3) is 10.0 Å². The van der Waals surface area contributed by atoms with Gasteiger partial charge in [-0.25, -0.2) is 0 Å². The summed E-state index contributed by atoms with van der Waals surface area (Å²) >= 11 is 0. The third kappa shape index (κ3) is 4.35. The minimum atomic E-state index is -3.90. The van der Waals surface area contributed by atoms with Gasteiger partial charge in [-0.05, 0) is 37.6 Å². The van der Waals surface area contributed by atoms with Crippen molar-refractivity contribution in [1.29, 1.82) is 0 Å². The molecule has 0 bridgehead atoms. The maximum Gasteiger partial charge on any atom is 0.284 e. The van der Waals surface area contributed by atoms with Crippen molar-refractivity contribution in [3.05, 3.63) is 89.5 Å². The first kappa shape index (κ1) is 18.7. The summed E-state index contributed by atoms with van der Waals surface area (Å²) in [6.07, 6.45) is 0. The molecule has 0 spiro atoms. The van der Waals surface area contributed by atoms with E-state index in [4.69, 9.17) is 0 Å². The molecule has 0 unspecified atom stereocenters. The molecule has 0 amide bonds. The quantitative estimate of drug-likeness (QED) is 0.554. The predicted octanol–water partition coefficient (Wildman–Crippen LogP) is 3.62. The summed E-state index contributed by atoms with van der Waals surface area (Å²) in [5, 5.41) is 14.9. The average Bonchev–Trinajstić information content (AvgIpc) is 2.67. The van der Waals surface area contributed by atoms with Crippen LogP contribution in [0.5, 0.6) is 5.75 Å². The fraction of sp³-hybridized carbons (Fsp3) is 0.0952. The number of nitrogens with zero attached hydrogens (tertiary/aromatic N) is 1. The van der Waals surface area contributed by atoms with Crippen LogP contribution in [0.4, 0.5) is 5.69 Å². The summed E-state index contributed by atoms with van der Waals surface area (Å²) in [7, 11) is -3.90. The lowest BCUT2D eigenvalue weighted by Crippen LogP contribution is -2.17. The van der Waals surface area contributed by atoms with Gasteiger partial charge in [-0.2, -0.15) is 8.42 Å². The van der Waals surface area contributed by atoms with E-state index in [9.17, 15) is 13.5 Å².